The summed E-state index contributed by atoms with van der Waals surface area (Å²) >= 11 is 5.77. The Labute approximate surface area is 241 Å². The van der Waals surface area contributed by atoms with Crippen molar-refractivity contribution in [1.29, 1.82) is 0 Å². The molecule has 2 aliphatic heterocycles. The molecule has 3 atom stereocenters. The fourth-order valence-electron chi connectivity index (χ4n) is 5.19. The summed E-state index contributed by atoms with van der Waals surface area (Å²) in [7, 11) is 0. The van der Waals surface area contributed by atoms with Crippen LogP contribution in [0.4, 0.5) is 11.4 Å². The van der Waals surface area contributed by atoms with E-state index in [1.165, 1.54) is 21.2 Å². The third kappa shape index (κ3) is 4.56. The molecule has 3 aromatic carbocycles. The fourth-order valence-corrected chi connectivity index (χ4v) is 8.38. The largest absolute Gasteiger partial charge is 0.324 e. The maximum Gasteiger partial charge on any atom is 0.308 e. The van der Waals surface area contributed by atoms with Gasteiger partial charge in [0.25, 0.3) is 0 Å². The van der Waals surface area contributed by atoms with E-state index < -0.39 is 17.1 Å². The monoisotopic (exact) mass is 619 g/mol. The van der Waals surface area contributed by atoms with Crippen LogP contribution in [0, 0.1) is 12.8 Å². The van der Waals surface area contributed by atoms with Crippen LogP contribution in [-0.4, -0.2) is 27.5 Å². The van der Waals surface area contributed by atoms with Crippen molar-refractivity contribution >= 4 is 68.1 Å². The highest BCUT2D eigenvalue weighted by Gasteiger charge is 2.56. The van der Waals surface area contributed by atoms with Gasteiger partial charge in [-0.05, 0) is 48.4 Å². The maximum absolute atomic E-state index is 13.9. The van der Waals surface area contributed by atoms with Crippen molar-refractivity contribution < 1.29 is 14.4 Å². The SMILES string of the molecule is Cc1ccccc1NC(=O)Cn1c2c(sc1=O)[C@@H](c1cccc(Br)c1)[C@@H]1C(=O)N(c3ccccc3)C(=O)[C@@H]1S2. The Kier molecular flexibility index (Phi) is 6.78. The number of nitrogens with one attached hydrogen (secondary N) is 1. The van der Waals surface area contributed by atoms with Crippen LogP contribution in [-0.2, 0) is 20.9 Å². The summed E-state index contributed by atoms with van der Waals surface area (Å²) in [5.41, 5.74) is 2.94. The first-order valence-corrected chi connectivity index (χ1v) is 14.8. The van der Waals surface area contributed by atoms with Crippen LogP contribution >= 0.6 is 39.0 Å². The number of fused-ring (bicyclic) bond motifs is 2. The van der Waals surface area contributed by atoms with E-state index in [9.17, 15) is 19.2 Å². The summed E-state index contributed by atoms with van der Waals surface area (Å²) in [6.07, 6.45) is 0. The van der Waals surface area contributed by atoms with Crippen molar-refractivity contribution in [2.24, 2.45) is 5.92 Å². The summed E-state index contributed by atoms with van der Waals surface area (Å²) in [4.78, 5) is 55.6. The molecule has 10 heteroatoms. The van der Waals surface area contributed by atoms with E-state index >= 15 is 0 Å². The Balaban J connectivity index is 1.42. The molecule has 7 nitrogen and oxygen atoms in total. The fraction of sp³-hybridized carbons (Fsp3) is 0.172. The lowest BCUT2D eigenvalue weighted by Crippen LogP contribution is -2.33. The standard InChI is InChI=1S/C29H22BrN3O4S2/c1-16-8-5-6-13-20(16)31-21(34)15-32-28-25(39-29(32)37)22(17-9-7-10-18(30)14-17)23-24(38-28)27(36)33(26(23)35)19-11-3-2-4-12-19/h2-14,22-24H,15H2,1H3,(H,31,34)/t22-,23-,24+/m0/s1. The molecule has 0 spiro atoms. The molecular formula is C29H22BrN3O4S2. The lowest BCUT2D eigenvalue weighted by molar-refractivity contribution is -0.122. The zero-order valence-electron chi connectivity index (χ0n) is 20.7. The number of aryl methyl sites for hydroxylation is 1. The summed E-state index contributed by atoms with van der Waals surface area (Å²) in [5, 5.41) is 2.72. The molecule has 196 valence electrons. The lowest BCUT2D eigenvalue weighted by atomic mass is 9.83. The number of imide groups is 1. The molecule has 0 radical (unpaired) electrons. The number of hydrogen-bond donors (Lipinski definition) is 1. The van der Waals surface area contributed by atoms with Gasteiger partial charge in [-0.3, -0.25) is 23.7 Å². The highest BCUT2D eigenvalue weighted by molar-refractivity contribution is 9.10. The van der Waals surface area contributed by atoms with Crippen LogP contribution in [0.1, 0.15) is 21.9 Å². The highest BCUT2D eigenvalue weighted by Crippen LogP contribution is 2.54. The van der Waals surface area contributed by atoms with Crippen LogP contribution in [0.15, 0.2) is 93.2 Å². The van der Waals surface area contributed by atoms with Crippen molar-refractivity contribution in [2.75, 3.05) is 10.2 Å². The van der Waals surface area contributed by atoms with Crippen molar-refractivity contribution in [3.05, 3.63) is 109 Å². The van der Waals surface area contributed by atoms with Crippen molar-refractivity contribution in [1.82, 2.24) is 4.57 Å². The average molecular weight is 621 g/mol. The van der Waals surface area contributed by atoms with Gasteiger partial charge in [0, 0.05) is 21.0 Å². The number of hydrogen-bond acceptors (Lipinski definition) is 6. The Morgan fingerprint density at radius 1 is 0.949 bits per heavy atom. The zero-order chi connectivity index (χ0) is 27.3. The Bertz CT molecular complexity index is 1680. The molecule has 6 rings (SSSR count). The predicted molar refractivity (Wildman–Crippen MR) is 156 cm³/mol. The van der Waals surface area contributed by atoms with E-state index in [4.69, 9.17) is 0 Å². The third-order valence-corrected chi connectivity index (χ3v) is 10.1. The van der Waals surface area contributed by atoms with Gasteiger partial charge < -0.3 is 5.32 Å². The van der Waals surface area contributed by atoms with E-state index in [2.05, 4.69) is 21.2 Å². The number of halogens is 1. The summed E-state index contributed by atoms with van der Waals surface area (Å²) < 4.78 is 2.26. The molecule has 3 heterocycles. The molecule has 3 amide bonds. The van der Waals surface area contributed by atoms with Crippen LogP contribution in [0.2, 0.25) is 0 Å². The molecule has 0 aliphatic carbocycles. The zero-order valence-corrected chi connectivity index (χ0v) is 23.9. The first-order chi connectivity index (χ1) is 18.8. The Hall–Kier alpha value is -3.47. The molecule has 1 aromatic heterocycles. The maximum atomic E-state index is 13.9. The molecule has 2 aliphatic rings. The topological polar surface area (TPSA) is 88.5 Å². The molecule has 1 fully saturated rings. The summed E-state index contributed by atoms with van der Waals surface area (Å²) in [5.74, 6) is -2.14. The number of carbonyl (C=O) groups excluding carboxylic acids is 3. The number of thiazole rings is 1. The van der Waals surface area contributed by atoms with Gasteiger partial charge in [0.05, 0.1) is 16.6 Å². The minimum Gasteiger partial charge on any atom is -0.324 e. The van der Waals surface area contributed by atoms with Gasteiger partial charge in [-0.15, -0.1) is 0 Å². The van der Waals surface area contributed by atoms with Crippen molar-refractivity contribution in [3.63, 3.8) is 0 Å². The normalized spacial score (nSPS) is 20.1. The average Bonchev–Trinajstić information content (AvgIpc) is 3.36. The predicted octanol–water partition coefficient (Wildman–Crippen LogP) is 5.42. The van der Waals surface area contributed by atoms with E-state index in [1.807, 2.05) is 61.5 Å². The van der Waals surface area contributed by atoms with Gasteiger partial charge in [0.2, 0.25) is 17.7 Å². The smallest absolute Gasteiger partial charge is 0.308 e. The number of carbonyl (C=O) groups is 3. The quantitative estimate of drug-likeness (QED) is 0.302. The number of amides is 3. The second-order valence-electron chi connectivity index (χ2n) is 9.43. The molecule has 4 aromatic rings. The molecule has 0 saturated carbocycles. The van der Waals surface area contributed by atoms with Crippen molar-refractivity contribution in [2.45, 2.75) is 29.7 Å². The van der Waals surface area contributed by atoms with Gasteiger partial charge in [0.15, 0.2) is 0 Å². The second kappa shape index (κ2) is 10.3. The van der Waals surface area contributed by atoms with Crippen molar-refractivity contribution in [3.8, 4) is 0 Å². The van der Waals surface area contributed by atoms with Crippen LogP contribution in [0.25, 0.3) is 0 Å². The number of aromatic nitrogens is 1. The third-order valence-electron chi connectivity index (χ3n) is 6.99. The minimum absolute atomic E-state index is 0.195. The van der Waals surface area contributed by atoms with Crippen LogP contribution < -0.4 is 15.1 Å². The van der Waals surface area contributed by atoms with E-state index in [1.54, 1.807) is 24.3 Å². The number of nitrogens with zero attached hydrogens (tertiary/aromatic N) is 2. The first-order valence-electron chi connectivity index (χ1n) is 12.3. The number of anilines is 2. The highest BCUT2D eigenvalue weighted by atomic mass is 79.9. The van der Waals surface area contributed by atoms with E-state index in [-0.39, 0.29) is 29.1 Å². The Morgan fingerprint density at radius 3 is 2.44 bits per heavy atom. The molecular weight excluding hydrogens is 598 g/mol. The number of benzene rings is 3. The first kappa shape index (κ1) is 25.8. The Morgan fingerprint density at radius 2 is 1.69 bits per heavy atom. The number of rotatable bonds is 5. The molecule has 1 saturated heterocycles. The van der Waals surface area contributed by atoms with Gasteiger partial charge in [-0.1, -0.05) is 87.6 Å². The molecule has 0 unspecified atom stereocenters. The van der Waals surface area contributed by atoms with E-state index in [0.29, 0.717) is 21.3 Å². The van der Waals surface area contributed by atoms with E-state index in [0.717, 1.165) is 26.9 Å². The minimum atomic E-state index is -0.728. The number of thioether (sulfide) groups is 1. The summed E-state index contributed by atoms with van der Waals surface area (Å²) in [6, 6.07) is 23.9. The van der Waals surface area contributed by atoms with Crippen LogP contribution in [0.5, 0.6) is 0 Å². The van der Waals surface area contributed by atoms with Gasteiger partial charge in [-0.25, -0.2) is 4.90 Å². The molecule has 0 bridgehead atoms. The van der Waals surface area contributed by atoms with Gasteiger partial charge in [-0.2, -0.15) is 0 Å². The second-order valence-corrected chi connectivity index (χ2v) is 12.5. The van der Waals surface area contributed by atoms with Gasteiger partial charge in [0.1, 0.15) is 11.8 Å². The van der Waals surface area contributed by atoms with Crippen LogP contribution in [0.3, 0.4) is 0 Å². The van der Waals surface area contributed by atoms with Gasteiger partial charge >= 0.3 is 4.87 Å². The summed E-state index contributed by atoms with van der Waals surface area (Å²) in [6.45, 7) is 1.70. The molecule has 1 N–H and O–H groups in total. The number of para-hydroxylation sites is 2. The lowest BCUT2D eigenvalue weighted by Gasteiger charge is -2.30. The molecule has 39 heavy (non-hydrogen) atoms.